The molecule has 3 aromatic carbocycles. The monoisotopic (exact) mass is 744 g/mol. The molecule has 52 heavy (non-hydrogen) atoms. The van der Waals surface area contributed by atoms with Gasteiger partial charge in [-0.3, -0.25) is 0 Å². The fourth-order valence-electron chi connectivity index (χ4n) is 5.27. The summed E-state index contributed by atoms with van der Waals surface area (Å²) >= 11 is 0. The van der Waals surface area contributed by atoms with Gasteiger partial charge in [0.05, 0.1) is 45.2 Å². The molecule has 0 N–H and O–H groups in total. The maximum atomic E-state index is 14.2. The third kappa shape index (κ3) is 9.79. The third-order valence-corrected chi connectivity index (χ3v) is 8.82. The van der Waals surface area contributed by atoms with Gasteiger partial charge in [0.15, 0.2) is 13.6 Å². The molecule has 2 aliphatic heterocycles. The Balaban J connectivity index is 1.18. The molecule has 0 aliphatic carbocycles. The second-order valence-corrected chi connectivity index (χ2v) is 12.5. The van der Waals surface area contributed by atoms with Crippen LogP contribution in [-0.4, -0.2) is 66.0 Å². The maximum Gasteiger partial charge on any atom is 0.420 e. The Kier molecular flexibility index (Phi) is 12.4. The number of ether oxygens (including phenoxy) is 9. The highest BCUT2D eigenvalue weighted by molar-refractivity contribution is 5.91. The summed E-state index contributed by atoms with van der Waals surface area (Å²) in [5, 5.41) is 0. The lowest BCUT2D eigenvalue weighted by Gasteiger charge is -2.40. The van der Waals surface area contributed by atoms with Crippen molar-refractivity contribution in [3.8, 4) is 28.7 Å². The zero-order valence-corrected chi connectivity index (χ0v) is 28.4. The largest absolute Gasteiger partial charge is 0.468 e. The molecular weight excluding hydrogens is 706 g/mol. The molecule has 2 aliphatic rings. The van der Waals surface area contributed by atoms with Crippen LogP contribution in [0.2, 0.25) is 0 Å². The minimum Gasteiger partial charge on any atom is -0.468 e. The van der Waals surface area contributed by atoms with Gasteiger partial charge in [0.1, 0.15) is 39.9 Å². The molecule has 0 unspecified atom stereocenters. The van der Waals surface area contributed by atoms with Gasteiger partial charge in [-0.2, -0.15) is 26.3 Å². The van der Waals surface area contributed by atoms with Gasteiger partial charge in [-0.25, -0.2) is 4.79 Å². The lowest BCUT2D eigenvalue weighted by Crippen LogP contribution is -2.45. The normalized spacial score (nSPS) is 16.3. The average Bonchev–Trinajstić information content (AvgIpc) is 3.07. The first kappa shape index (κ1) is 39.0. The van der Waals surface area contributed by atoms with E-state index < -0.39 is 47.7 Å². The average molecular weight is 745 g/mol. The van der Waals surface area contributed by atoms with Crippen molar-refractivity contribution < 1.29 is 73.8 Å². The number of carbonyl (C=O) groups excluding carboxylic acids is 1. The molecule has 10 nitrogen and oxygen atoms in total. The summed E-state index contributed by atoms with van der Waals surface area (Å²) in [6, 6.07) is 12.1. The van der Waals surface area contributed by atoms with Crippen LogP contribution in [0.5, 0.6) is 28.7 Å². The molecule has 0 radical (unpaired) electrons. The number of hydrogen-bond acceptors (Lipinski definition) is 10. The summed E-state index contributed by atoms with van der Waals surface area (Å²) in [5.41, 5.74) is -4.72. The van der Waals surface area contributed by atoms with Crippen molar-refractivity contribution in [2.45, 2.75) is 39.0 Å². The van der Waals surface area contributed by atoms with Crippen LogP contribution < -0.4 is 23.7 Å². The van der Waals surface area contributed by atoms with Gasteiger partial charge < -0.3 is 42.6 Å². The molecule has 3 aromatic rings. The van der Waals surface area contributed by atoms with Crippen molar-refractivity contribution in [3.05, 3.63) is 77.4 Å². The van der Waals surface area contributed by atoms with Gasteiger partial charge in [-0.05, 0) is 73.5 Å². The number of hydrogen-bond donors (Lipinski definition) is 0. The quantitative estimate of drug-likeness (QED) is 0.0420. The fraction of sp³-hybridized carbons (Fsp3) is 0.472. The zero-order valence-electron chi connectivity index (χ0n) is 28.4. The van der Waals surface area contributed by atoms with Crippen LogP contribution in [0.4, 0.5) is 26.3 Å². The third-order valence-electron chi connectivity index (χ3n) is 8.82. The lowest BCUT2D eigenvalue weighted by molar-refractivity contribution is -0.164. The molecule has 0 bridgehead atoms. The second-order valence-electron chi connectivity index (χ2n) is 12.5. The van der Waals surface area contributed by atoms with Crippen molar-refractivity contribution in [1.29, 1.82) is 0 Å². The van der Waals surface area contributed by atoms with E-state index in [0.29, 0.717) is 57.5 Å². The Morgan fingerprint density at radius 2 is 1.00 bits per heavy atom. The summed E-state index contributed by atoms with van der Waals surface area (Å²) < 4.78 is 133. The van der Waals surface area contributed by atoms with E-state index in [1.54, 1.807) is 0 Å². The van der Waals surface area contributed by atoms with Crippen LogP contribution in [0.3, 0.4) is 0 Å². The van der Waals surface area contributed by atoms with E-state index in [-0.39, 0.29) is 41.5 Å². The minimum atomic E-state index is -5.59. The number of halogens is 6. The Hall–Kier alpha value is -4.25. The molecule has 2 fully saturated rings. The van der Waals surface area contributed by atoms with Crippen LogP contribution in [0.25, 0.3) is 0 Å². The standard InChI is InChI=1S/C36H38F6O10/c1-3-33(15-44-16-33)19-46-21-48-25-7-5-24(6-8-25)32(43)52-29-14-13-28(30(35(37,38)39)31(29)36(40,41)42)51-23-50-27-11-9-26(10-12-27)49-22-47-20-34(4-2)17-45-18-34/h5-14H,3-4,15-23H2,1-2H3. The van der Waals surface area contributed by atoms with Crippen LogP contribution in [0.1, 0.15) is 48.2 Å². The van der Waals surface area contributed by atoms with Crippen molar-refractivity contribution in [2.75, 3.05) is 60.0 Å². The molecule has 0 atom stereocenters. The van der Waals surface area contributed by atoms with E-state index in [1.807, 2.05) is 13.8 Å². The number of benzene rings is 3. The van der Waals surface area contributed by atoms with Crippen molar-refractivity contribution in [1.82, 2.24) is 0 Å². The van der Waals surface area contributed by atoms with Crippen LogP contribution in [0, 0.1) is 10.8 Å². The number of rotatable bonds is 18. The van der Waals surface area contributed by atoms with Crippen LogP contribution in [0.15, 0.2) is 60.7 Å². The van der Waals surface area contributed by atoms with Crippen LogP contribution >= 0.6 is 0 Å². The summed E-state index contributed by atoms with van der Waals surface area (Å²) in [5.74, 6) is -3.04. The highest BCUT2D eigenvalue weighted by atomic mass is 19.4. The topological polar surface area (TPSA) is 100 Å². The van der Waals surface area contributed by atoms with Gasteiger partial charge in [0, 0.05) is 10.8 Å². The number of carbonyl (C=O) groups is 1. The van der Waals surface area contributed by atoms with Crippen molar-refractivity contribution in [2.24, 2.45) is 10.8 Å². The predicted octanol–water partition coefficient (Wildman–Crippen LogP) is 7.92. The zero-order chi connectivity index (χ0) is 37.4. The predicted molar refractivity (Wildman–Crippen MR) is 170 cm³/mol. The minimum absolute atomic E-state index is 0.0117. The highest BCUT2D eigenvalue weighted by Crippen LogP contribution is 2.49. The molecule has 5 rings (SSSR count). The molecule has 2 heterocycles. The smallest absolute Gasteiger partial charge is 0.420 e. The Morgan fingerprint density at radius 3 is 1.40 bits per heavy atom. The first-order valence-electron chi connectivity index (χ1n) is 16.3. The highest BCUT2D eigenvalue weighted by Gasteiger charge is 2.49. The Labute approximate surface area is 295 Å². The molecule has 0 spiro atoms. The molecule has 16 heteroatoms. The van der Waals surface area contributed by atoms with E-state index in [0.717, 1.165) is 12.8 Å². The molecular formula is C36H38F6O10. The molecule has 0 aromatic heterocycles. The number of alkyl halides is 6. The Morgan fingerprint density at radius 1 is 0.596 bits per heavy atom. The summed E-state index contributed by atoms with van der Waals surface area (Å²) in [6.45, 7) is 6.38. The summed E-state index contributed by atoms with van der Waals surface area (Å²) in [7, 11) is 0. The first-order valence-corrected chi connectivity index (χ1v) is 16.3. The van der Waals surface area contributed by atoms with Gasteiger partial charge in [-0.1, -0.05) is 13.8 Å². The summed E-state index contributed by atoms with van der Waals surface area (Å²) in [6.07, 6.45) is -9.38. The SMILES string of the molecule is CCC1(COCOc2ccc(OCOc3ccc(OC(=O)c4ccc(OCOCC5(CC)COC5)cc4)c(C(F)(F)F)c3C(F)(F)F)cc2)COC1. The van der Waals surface area contributed by atoms with E-state index in [2.05, 4.69) is 0 Å². The van der Waals surface area contributed by atoms with Crippen LogP contribution in [-0.2, 0) is 31.3 Å². The second kappa shape index (κ2) is 16.6. The molecule has 284 valence electrons. The first-order chi connectivity index (χ1) is 24.8. The van der Waals surface area contributed by atoms with Crippen molar-refractivity contribution in [3.63, 3.8) is 0 Å². The van der Waals surface area contributed by atoms with Crippen molar-refractivity contribution >= 4 is 5.97 Å². The van der Waals surface area contributed by atoms with E-state index in [9.17, 15) is 31.1 Å². The maximum absolute atomic E-state index is 14.2. The van der Waals surface area contributed by atoms with Gasteiger partial charge >= 0.3 is 18.3 Å². The lowest BCUT2D eigenvalue weighted by atomic mass is 9.84. The summed E-state index contributed by atoms with van der Waals surface area (Å²) in [4.78, 5) is 12.8. The van der Waals surface area contributed by atoms with Gasteiger partial charge in [0.2, 0.25) is 6.79 Å². The van der Waals surface area contributed by atoms with Gasteiger partial charge in [-0.15, -0.1) is 0 Å². The fourth-order valence-corrected chi connectivity index (χ4v) is 5.27. The Bertz CT molecular complexity index is 1610. The van der Waals surface area contributed by atoms with Gasteiger partial charge in [0.25, 0.3) is 0 Å². The number of esters is 1. The van der Waals surface area contributed by atoms with E-state index >= 15 is 0 Å². The molecule has 0 amide bonds. The van der Waals surface area contributed by atoms with E-state index in [4.69, 9.17) is 42.6 Å². The molecule has 2 saturated heterocycles. The van der Waals surface area contributed by atoms with E-state index in [1.165, 1.54) is 48.5 Å². The molecule has 0 saturated carbocycles.